The Morgan fingerprint density at radius 1 is 0.889 bits per heavy atom. The molecule has 94 valence electrons. The molecule has 1 aliphatic carbocycles. The molecular weight excluding hydrogens is 216 g/mol. The molecule has 0 aliphatic heterocycles. The lowest BCUT2D eigenvalue weighted by Crippen LogP contribution is -1.77. The molecule has 1 aromatic rings. The highest BCUT2D eigenvalue weighted by molar-refractivity contribution is 5.54. The van der Waals surface area contributed by atoms with Crippen LogP contribution in [0.5, 0.6) is 0 Å². The quantitative estimate of drug-likeness (QED) is 0.633. The van der Waals surface area contributed by atoms with E-state index in [0.29, 0.717) is 0 Å². The van der Waals surface area contributed by atoms with Gasteiger partial charge in [-0.2, -0.15) is 0 Å². The van der Waals surface area contributed by atoms with Crippen molar-refractivity contribution in [2.75, 3.05) is 0 Å². The summed E-state index contributed by atoms with van der Waals surface area (Å²) in [6.07, 6.45) is 17.4. The minimum atomic E-state index is 1.12. The highest BCUT2D eigenvalue weighted by Crippen LogP contribution is 2.10. The topological polar surface area (TPSA) is 0 Å². The zero-order valence-electron chi connectivity index (χ0n) is 11.3. The van der Waals surface area contributed by atoms with E-state index in [1.54, 1.807) is 0 Å². The van der Waals surface area contributed by atoms with Crippen LogP contribution < -0.4 is 0 Å². The van der Waals surface area contributed by atoms with Crippen LogP contribution in [0.1, 0.15) is 32.3 Å². The van der Waals surface area contributed by atoms with Crippen LogP contribution in [-0.2, 0) is 0 Å². The summed E-state index contributed by atoms with van der Waals surface area (Å²) in [6.45, 7) is 4.00. The molecule has 0 heteroatoms. The number of allylic oxidation sites excluding steroid dienone is 7. The smallest absolute Gasteiger partial charge is 0.0256 e. The first kappa shape index (κ1) is 14.2. The summed E-state index contributed by atoms with van der Waals surface area (Å²) in [6, 6.07) is 10.4. The standard InChI is InChI=1S/C16H16.C2H6/c1-2-5-9-15(10-6-3-1)13-14-16-11-7-4-8-12-16;1-2/h1-2,4-5,7-14H,3,6H2;1-2H3/b2-1?,9-5-,14-13+,15-10+;. The summed E-state index contributed by atoms with van der Waals surface area (Å²) in [4.78, 5) is 0. The van der Waals surface area contributed by atoms with Gasteiger partial charge < -0.3 is 0 Å². The maximum atomic E-state index is 2.28. The Labute approximate surface area is 111 Å². The number of rotatable bonds is 2. The van der Waals surface area contributed by atoms with E-state index >= 15 is 0 Å². The normalized spacial score (nSPS) is 19.1. The molecule has 0 saturated heterocycles. The summed E-state index contributed by atoms with van der Waals surface area (Å²) >= 11 is 0. The highest BCUT2D eigenvalue weighted by atomic mass is 13.9. The van der Waals surface area contributed by atoms with Gasteiger partial charge in [-0.25, -0.2) is 0 Å². The number of benzene rings is 1. The summed E-state index contributed by atoms with van der Waals surface area (Å²) < 4.78 is 0. The zero-order chi connectivity index (χ0) is 13.1. The summed E-state index contributed by atoms with van der Waals surface area (Å²) in [5, 5.41) is 0. The molecule has 18 heavy (non-hydrogen) atoms. The van der Waals surface area contributed by atoms with Crippen molar-refractivity contribution in [3.8, 4) is 0 Å². The van der Waals surface area contributed by atoms with E-state index < -0.39 is 0 Å². The number of hydrogen-bond acceptors (Lipinski definition) is 0. The van der Waals surface area contributed by atoms with Gasteiger partial charge in [-0.05, 0) is 24.0 Å². The molecule has 0 atom stereocenters. The van der Waals surface area contributed by atoms with Gasteiger partial charge in [0.1, 0.15) is 0 Å². The second-order valence-corrected chi connectivity index (χ2v) is 3.81. The average molecular weight is 238 g/mol. The molecule has 0 saturated carbocycles. The van der Waals surface area contributed by atoms with E-state index in [2.05, 4.69) is 66.8 Å². The third-order valence-electron chi connectivity index (χ3n) is 2.52. The largest absolute Gasteiger partial charge is 0.0842 e. The van der Waals surface area contributed by atoms with Gasteiger partial charge in [0, 0.05) is 0 Å². The van der Waals surface area contributed by atoms with Crippen molar-refractivity contribution in [2.45, 2.75) is 26.7 Å². The maximum Gasteiger partial charge on any atom is -0.0256 e. The molecule has 0 fully saturated rings. The summed E-state index contributed by atoms with van der Waals surface area (Å²) in [5.41, 5.74) is 2.53. The first-order chi connectivity index (χ1) is 8.95. The molecule has 0 aromatic heterocycles. The fraction of sp³-hybridized carbons (Fsp3) is 0.222. The minimum absolute atomic E-state index is 1.12. The Balaban J connectivity index is 0.000000771. The molecule has 2 rings (SSSR count). The predicted octanol–water partition coefficient (Wildman–Crippen LogP) is 5.56. The van der Waals surface area contributed by atoms with E-state index in [1.165, 1.54) is 11.1 Å². The van der Waals surface area contributed by atoms with Gasteiger partial charge in [0.25, 0.3) is 0 Å². The molecule has 0 bridgehead atoms. The second-order valence-electron chi connectivity index (χ2n) is 3.81. The van der Waals surface area contributed by atoms with Crippen LogP contribution in [0.15, 0.2) is 72.4 Å². The van der Waals surface area contributed by atoms with Crippen LogP contribution in [0.4, 0.5) is 0 Å². The first-order valence-electron chi connectivity index (χ1n) is 6.72. The fourth-order valence-corrected chi connectivity index (χ4v) is 1.64. The Hall–Kier alpha value is -1.82. The Morgan fingerprint density at radius 3 is 2.44 bits per heavy atom. The molecule has 0 N–H and O–H groups in total. The lowest BCUT2D eigenvalue weighted by atomic mass is 10.1. The molecule has 1 aliphatic rings. The lowest BCUT2D eigenvalue weighted by Gasteiger charge is -1.97. The Bertz CT molecular complexity index is 430. The SMILES string of the molecule is C1=CCC/C=C(/C=C/c2ccccc2)\C=C/1.CC. The van der Waals surface area contributed by atoms with Crippen molar-refractivity contribution < 1.29 is 0 Å². The molecule has 1 aromatic carbocycles. The van der Waals surface area contributed by atoms with Gasteiger partial charge in [0.05, 0.1) is 0 Å². The van der Waals surface area contributed by atoms with Crippen molar-refractivity contribution in [1.29, 1.82) is 0 Å². The second kappa shape index (κ2) is 9.23. The molecule has 0 nitrogen and oxygen atoms in total. The van der Waals surface area contributed by atoms with E-state index in [0.717, 1.165) is 12.8 Å². The van der Waals surface area contributed by atoms with Crippen molar-refractivity contribution in [1.82, 2.24) is 0 Å². The molecule has 0 amide bonds. The Morgan fingerprint density at radius 2 is 1.67 bits per heavy atom. The maximum absolute atomic E-state index is 2.28. The van der Waals surface area contributed by atoms with Crippen LogP contribution in [0.3, 0.4) is 0 Å². The van der Waals surface area contributed by atoms with Gasteiger partial charge in [-0.15, -0.1) is 0 Å². The van der Waals surface area contributed by atoms with Crippen LogP contribution in [-0.4, -0.2) is 0 Å². The van der Waals surface area contributed by atoms with Crippen molar-refractivity contribution in [3.05, 3.63) is 77.9 Å². The van der Waals surface area contributed by atoms with Crippen LogP contribution in [0.25, 0.3) is 6.08 Å². The Kier molecular flexibility index (Phi) is 7.31. The van der Waals surface area contributed by atoms with Gasteiger partial charge in [-0.1, -0.05) is 86.7 Å². The zero-order valence-corrected chi connectivity index (χ0v) is 11.3. The molecule has 0 spiro atoms. The van der Waals surface area contributed by atoms with Gasteiger partial charge >= 0.3 is 0 Å². The third kappa shape index (κ3) is 5.49. The molecule has 0 heterocycles. The van der Waals surface area contributed by atoms with Crippen LogP contribution >= 0.6 is 0 Å². The van der Waals surface area contributed by atoms with Crippen molar-refractivity contribution in [3.63, 3.8) is 0 Å². The minimum Gasteiger partial charge on any atom is -0.0842 e. The van der Waals surface area contributed by atoms with Crippen molar-refractivity contribution >= 4 is 6.08 Å². The van der Waals surface area contributed by atoms with E-state index in [4.69, 9.17) is 0 Å². The third-order valence-corrected chi connectivity index (χ3v) is 2.52. The van der Waals surface area contributed by atoms with Crippen LogP contribution in [0, 0.1) is 0 Å². The number of hydrogen-bond donors (Lipinski definition) is 0. The van der Waals surface area contributed by atoms with E-state index in [9.17, 15) is 0 Å². The van der Waals surface area contributed by atoms with Gasteiger partial charge in [-0.3, -0.25) is 0 Å². The summed E-state index contributed by atoms with van der Waals surface area (Å²) in [5.74, 6) is 0. The summed E-state index contributed by atoms with van der Waals surface area (Å²) in [7, 11) is 0. The molecular formula is C18H22. The van der Waals surface area contributed by atoms with Crippen LogP contribution in [0.2, 0.25) is 0 Å². The van der Waals surface area contributed by atoms with Crippen molar-refractivity contribution in [2.24, 2.45) is 0 Å². The average Bonchev–Trinajstić information content (AvgIpc) is 2.41. The fourth-order valence-electron chi connectivity index (χ4n) is 1.64. The van der Waals surface area contributed by atoms with Gasteiger partial charge in [0.2, 0.25) is 0 Å². The monoisotopic (exact) mass is 238 g/mol. The van der Waals surface area contributed by atoms with E-state index in [1.807, 2.05) is 19.9 Å². The van der Waals surface area contributed by atoms with Gasteiger partial charge in [0.15, 0.2) is 0 Å². The highest BCUT2D eigenvalue weighted by Gasteiger charge is 1.89. The van der Waals surface area contributed by atoms with E-state index in [-0.39, 0.29) is 0 Å². The first-order valence-corrected chi connectivity index (χ1v) is 6.72. The lowest BCUT2D eigenvalue weighted by molar-refractivity contribution is 1.04. The predicted molar refractivity (Wildman–Crippen MR) is 82.4 cm³/mol. The molecule has 0 radical (unpaired) electrons. The molecule has 0 unspecified atom stereocenters.